The number of carbonyl (C=O) groups is 1. The summed E-state index contributed by atoms with van der Waals surface area (Å²) in [7, 11) is -8.45. The monoisotopic (exact) mass is 462 g/mol. The molecule has 0 bridgehead atoms. The van der Waals surface area contributed by atoms with E-state index in [1.807, 2.05) is 0 Å². The first-order valence-corrected chi connectivity index (χ1v) is 13.6. The molecule has 0 amide bonds. The number of sulfone groups is 2. The van der Waals surface area contributed by atoms with Gasteiger partial charge in [0.1, 0.15) is 5.78 Å². The van der Waals surface area contributed by atoms with Crippen LogP contribution in [0.3, 0.4) is 0 Å². The van der Waals surface area contributed by atoms with E-state index in [0.29, 0.717) is 12.8 Å². The smallest absolute Gasteiger partial charge is 0.195 e. The Morgan fingerprint density at radius 1 is 0.839 bits per heavy atom. The Bertz CT molecular complexity index is 1050. The van der Waals surface area contributed by atoms with Crippen molar-refractivity contribution >= 4 is 25.5 Å². The molecule has 1 fully saturated rings. The summed E-state index contributed by atoms with van der Waals surface area (Å²) in [6.07, 6.45) is 1.39. The van der Waals surface area contributed by atoms with Crippen LogP contribution in [0.4, 0.5) is 0 Å². The highest BCUT2D eigenvalue weighted by Gasteiger charge is 2.44. The van der Waals surface area contributed by atoms with Gasteiger partial charge in [0.25, 0.3) is 0 Å². The zero-order valence-corrected chi connectivity index (χ0v) is 19.8. The van der Waals surface area contributed by atoms with E-state index in [2.05, 4.69) is 20.8 Å². The molecule has 1 aliphatic rings. The molecule has 0 heterocycles. The molecule has 0 aliphatic heterocycles. The second-order valence-corrected chi connectivity index (χ2v) is 13.9. The van der Waals surface area contributed by atoms with Gasteiger partial charge in [-0.25, -0.2) is 16.8 Å². The maximum atomic E-state index is 13.5. The summed E-state index contributed by atoms with van der Waals surface area (Å²) in [5.41, 5.74) is -0.0367. The zero-order valence-electron chi connectivity index (χ0n) is 18.2. The predicted molar refractivity (Wildman–Crippen MR) is 121 cm³/mol. The fourth-order valence-corrected chi connectivity index (χ4v) is 8.96. The highest BCUT2D eigenvalue weighted by molar-refractivity contribution is 8.09. The van der Waals surface area contributed by atoms with Gasteiger partial charge in [0, 0.05) is 12.3 Å². The lowest BCUT2D eigenvalue weighted by atomic mass is 9.68. The van der Waals surface area contributed by atoms with E-state index >= 15 is 0 Å². The lowest BCUT2D eigenvalue weighted by molar-refractivity contribution is -0.126. The van der Waals surface area contributed by atoms with Gasteiger partial charge in [0.15, 0.2) is 24.3 Å². The van der Waals surface area contributed by atoms with Crippen molar-refractivity contribution in [3.8, 4) is 0 Å². The van der Waals surface area contributed by atoms with Gasteiger partial charge in [-0.05, 0) is 54.9 Å². The maximum absolute atomic E-state index is 13.5. The van der Waals surface area contributed by atoms with Gasteiger partial charge < -0.3 is 0 Å². The highest BCUT2D eigenvalue weighted by Crippen LogP contribution is 2.42. The molecule has 2 atom stereocenters. The number of benzene rings is 2. The summed E-state index contributed by atoms with van der Waals surface area (Å²) in [5, 5.41) is 0. The molecular formula is C24H30O5S2. The van der Waals surface area contributed by atoms with E-state index in [0.717, 1.165) is 6.42 Å². The van der Waals surface area contributed by atoms with Gasteiger partial charge >= 0.3 is 0 Å². The summed E-state index contributed by atoms with van der Waals surface area (Å²) in [6.45, 7) is 6.30. The second-order valence-electron chi connectivity index (χ2n) is 9.38. The third-order valence-electron chi connectivity index (χ3n) is 6.30. The molecule has 1 aliphatic carbocycles. The highest BCUT2D eigenvalue weighted by atomic mass is 32.3. The summed E-state index contributed by atoms with van der Waals surface area (Å²) < 4.78 is 52.4. The number of Topliss-reactive ketones (excluding diaryl/α,β-unsaturated/α-hetero) is 1. The topological polar surface area (TPSA) is 85.3 Å². The molecule has 31 heavy (non-hydrogen) atoms. The average Bonchev–Trinajstić information content (AvgIpc) is 2.73. The third kappa shape index (κ3) is 5.09. The van der Waals surface area contributed by atoms with Crippen molar-refractivity contribution in [2.75, 3.05) is 0 Å². The van der Waals surface area contributed by atoms with Crippen LogP contribution in [-0.4, -0.2) is 27.2 Å². The Kier molecular flexibility index (Phi) is 6.77. The lowest BCUT2D eigenvalue weighted by Crippen LogP contribution is -2.38. The van der Waals surface area contributed by atoms with Crippen LogP contribution in [0.25, 0.3) is 0 Å². The van der Waals surface area contributed by atoms with Gasteiger partial charge in [-0.2, -0.15) is 0 Å². The minimum Gasteiger partial charge on any atom is -0.299 e. The summed E-state index contributed by atoms with van der Waals surface area (Å²) in [6, 6.07) is 15.3. The van der Waals surface area contributed by atoms with Crippen molar-refractivity contribution in [2.45, 2.75) is 60.8 Å². The molecule has 1 saturated carbocycles. The molecule has 0 N–H and O–H groups in total. The molecule has 0 unspecified atom stereocenters. The summed E-state index contributed by atoms with van der Waals surface area (Å²) in [5.74, 6) is -0.410. The normalized spacial score (nSPS) is 20.7. The van der Waals surface area contributed by atoms with Crippen molar-refractivity contribution < 1.29 is 21.6 Å². The van der Waals surface area contributed by atoms with Gasteiger partial charge in [0.2, 0.25) is 0 Å². The molecule has 0 saturated heterocycles. The van der Waals surface area contributed by atoms with Gasteiger partial charge in [-0.3, -0.25) is 4.79 Å². The van der Waals surface area contributed by atoms with E-state index in [9.17, 15) is 21.6 Å². The fourth-order valence-electron chi connectivity index (χ4n) is 4.30. The summed E-state index contributed by atoms with van der Waals surface area (Å²) >= 11 is 0. The molecule has 0 aromatic heterocycles. The minimum atomic E-state index is -4.22. The largest absolute Gasteiger partial charge is 0.299 e. The molecule has 0 spiro atoms. The molecule has 3 rings (SSSR count). The number of carbonyl (C=O) groups excluding carboxylic acids is 1. The van der Waals surface area contributed by atoms with E-state index in [1.165, 1.54) is 24.3 Å². The van der Waals surface area contributed by atoms with Gasteiger partial charge in [-0.1, -0.05) is 57.2 Å². The van der Waals surface area contributed by atoms with Crippen LogP contribution in [0.2, 0.25) is 0 Å². The Hall–Kier alpha value is -1.99. The Morgan fingerprint density at radius 2 is 1.29 bits per heavy atom. The minimum absolute atomic E-state index is 0.0367. The van der Waals surface area contributed by atoms with Crippen LogP contribution < -0.4 is 0 Å². The van der Waals surface area contributed by atoms with Gasteiger partial charge in [0.05, 0.1) is 9.79 Å². The number of hydrogen-bond acceptors (Lipinski definition) is 5. The van der Waals surface area contributed by atoms with Crippen molar-refractivity contribution in [1.29, 1.82) is 0 Å². The first kappa shape index (κ1) is 23.7. The zero-order chi connectivity index (χ0) is 22.9. The van der Waals surface area contributed by atoms with E-state index in [-0.39, 0.29) is 33.3 Å². The Morgan fingerprint density at radius 3 is 1.71 bits per heavy atom. The standard InChI is InChI=1S/C24H30O5S2/c1-24(2,3)19-14-15-22(25)18(16-19)17-23(30(26,27)20-10-6-4-7-11-20)31(28,29)21-12-8-5-9-13-21/h4-13,18-19,23H,14-17H2,1-3H3/t18-,19-/m1/s1. The van der Waals surface area contributed by atoms with Crippen molar-refractivity contribution in [3.63, 3.8) is 0 Å². The molecule has 5 nitrogen and oxygen atoms in total. The van der Waals surface area contributed by atoms with E-state index in [1.54, 1.807) is 36.4 Å². The molecule has 2 aromatic rings. The lowest BCUT2D eigenvalue weighted by Gasteiger charge is -2.37. The van der Waals surface area contributed by atoms with Crippen LogP contribution >= 0.6 is 0 Å². The van der Waals surface area contributed by atoms with E-state index in [4.69, 9.17) is 0 Å². The second kappa shape index (κ2) is 8.87. The maximum Gasteiger partial charge on any atom is 0.195 e. The van der Waals surface area contributed by atoms with Crippen LogP contribution in [-0.2, 0) is 24.5 Å². The van der Waals surface area contributed by atoms with E-state index < -0.39 is 30.2 Å². The van der Waals surface area contributed by atoms with Crippen LogP contribution in [0.15, 0.2) is 70.5 Å². The number of ketones is 1. The average molecular weight is 463 g/mol. The van der Waals surface area contributed by atoms with Crippen molar-refractivity contribution in [2.24, 2.45) is 17.3 Å². The first-order chi connectivity index (χ1) is 14.4. The summed E-state index contributed by atoms with van der Waals surface area (Å²) in [4.78, 5) is 12.6. The SMILES string of the molecule is CC(C)(C)[C@@H]1CCC(=O)[C@@H](CC(S(=O)(=O)c2ccccc2)S(=O)(=O)c2ccccc2)C1. The predicted octanol–water partition coefficient (Wildman–Crippen LogP) is 4.68. The molecule has 7 heteroatoms. The molecule has 168 valence electrons. The number of hydrogen-bond donors (Lipinski definition) is 0. The third-order valence-corrected chi connectivity index (χ3v) is 11.4. The van der Waals surface area contributed by atoms with Gasteiger partial charge in [-0.15, -0.1) is 0 Å². The molecule has 0 radical (unpaired) electrons. The quantitative estimate of drug-likeness (QED) is 0.622. The van der Waals surface area contributed by atoms with Crippen LogP contribution in [0.1, 0.15) is 46.5 Å². The Balaban J connectivity index is 2.06. The van der Waals surface area contributed by atoms with Crippen LogP contribution in [0, 0.1) is 17.3 Å². The van der Waals surface area contributed by atoms with Crippen LogP contribution in [0.5, 0.6) is 0 Å². The molecular weight excluding hydrogens is 432 g/mol. The van der Waals surface area contributed by atoms with Crippen molar-refractivity contribution in [1.82, 2.24) is 0 Å². The molecule has 2 aromatic carbocycles. The first-order valence-electron chi connectivity index (χ1n) is 10.5. The fraction of sp³-hybridized carbons (Fsp3) is 0.458. The Labute approximate surface area is 185 Å². The number of rotatable bonds is 6. The van der Waals surface area contributed by atoms with Crippen molar-refractivity contribution in [3.05, 3.63) is 60.7 Å².